The molecule has 6 N–H and O–H groups in total. The molecule has 172 valence electrons. The quantitative estimate of drug-likeness (QED) is 0.216. The average molecular weight is 469 g/mol. The molecule has 0 unspecified atom stereocenters. The largest absolute Gasteiger partial charge is 0.490 e. The van der Waals surface area contributed by atoms with E-state index < -0.39 is 35.7 Å². The molecule has 0 spiro atoms. The summed E-state index contributed by atoms with van der Waals surface area (Å²) < 4.78 is 31.7. The van der Waals surface area contributed by atoms with Gasteiger partial charge in [-0.15, -0.1) is 11.3 Å². The number of aromatic nitrogens is 1. The summed E-state index contributed by atoms with van der Waals surface area (Å²) in [5.41, 5.74) is 3.77. The summed E-state index contributed by atoms with van der Waals surface area (Å²) in [6.07, 6.45) is -5.08. The fourth-order valence-electron chi connectivity index (χ4n) is 1.73. The highest BCUT2D eigenvalue weighted by Crippen LogP contribution is 2.16. The molecule has 2 heterocycles. The Labute approximate surface area is 176 Å². The maximum atomic E-state index is 12.4. The highest BCUT2D eigenvalue weighted by atomic mass is 32.1. The second kappa shape index (κ2) is 9.59. The molecule has 0 radical (unpaired) electrons. The van der Waals surface area contributed by atoms with Gasteiger partial charge in [0.25, 0.3) is 5.91 Å². The maximum absolute atomic E-state index is 12.4. The first-order chi connectivity index (χ1) is 14.1. The van der Waals surface area contributed by atoms with E-state index in [9.17, 15) is 27.6 Å². The molecule has 1 aliphatic heterocycles. The minimum absolute atomic E-state index is 0.128. The number of nitrogens with zero attached hydrogens (tertiary/aromatic N) is 2. The van der Waals surface area contributed by atoms with E-state index in [1.165, 1.54) is 19.2 Å². The van der Waals surface area contributed by atoms with Crippen molar-refractivity contribution in [1.82, 2.24) is 15.6 Å². The van der Waals surface area contributed by atoms with Crippen LogP contribution in [0.2, 0.25) is 0 Å². The van der Waals surface area contributed by atoms with Crippen LogP contribution in [-0.2, 0) is 24.0 Å². The monoisotopic (exact) mass is 469 g/mol. The fraction of sp³-hybridized carbons (Fsp3) is 0.467. The Morgan fingerprint density at radius 3 is 2.19 bits per heavy atom. The van der Waals surface area contributed by atoms with Gasteiger partial charge in [-0.2, -0.15) is 13.2 Å². The van der Waals surface area contributed by atoms with Crippen LogP contribution in [0.15, 0.2) is 10.5 Å². The van der Waals surface area contributed by atoms with Gasteiger partial charge in [0.15, 0.2) is 10.8 Å². The number of anilines is 1. The number of alkyl halides is 3. The standard InChI is InChI=1S/C13H17N5O5S.C2HF3O2/c1-5-7(9(19)15-5)17-10(20)8(6-4-24-12(14)16-6)18-23-13(2,3)11(21)22;3-2(4,5)1(6)7/h4-5,7H,1-3H3,(H2,14,16)(H,15,19)(H,17,20)(H,21,22);(H,6,7)/b18-8-;/t5-,7-;/m0./s1. The second-order valence-corrected chi connectivity index (χ2v) is 7.36. The van der Waals surface area contributed by atoms with E-state index in [1.54, 1.807) is 6.92 Å². The number of thiazole rings is 1. The second-order valence-electron chi connectivity index (χ2n) is 6.47. The number of aliphatic carboxylic acids is 2. The molecule has 1 aliphatic rings. The van der Waals surface area contributed by atoms with Gasteiger partial charge in [0, 0.05) is 5.38 Å². The third kappa shape index (κ3) is 7.09. The lowest BCUT2D eigenvalue weighted by molar-refractivity contribution is -0.192. The third-order valence-corrected chi connectivity index (χ3v) is 4.22. The molecule has 2 atom stereocenters. The number of amides is 2. The van der Waals surface area contributed by atoms with Crippen LogP contribution in [0.1, 0.15) is 26.5 Å². The Balaban J connectivity index is 0.000000592. The first-order valence-electron chi connectivity index (χ1n) is 8.18. The Kier molecular flexibility index (Phi) is 7.92. The van der Waals surface area contributed by atoms with Crippen LogP contribution in [-0.4, -0.2) is 68.5 Å². The molecule has 12 nitrogen and oxygen atoms in total. The molecule has 16 heteroatoms. The first-order valence-corrected chi connectivity index (χ1v) is 9.06. The van der Waals surface area contributed by atoms with Gasteiger partial charge < -0.3 is 31.4 Å². The highest BCUT2D eigenvalue weighted by molar-refractivity contribution is 7.13. The van der Waals surface area contributed by atoms with E-state index >= 15 is 0 Å². The molecule has 31 heavy (non-hydrogen) atoms. The molecule has 2 rings (SSSR count). The Morgan fingerprint density at radius 1 is 1.29 bits per heavy atom. The third-order valence-electron chi connectivity index (χ3n) is 3.54. The predicted octanol–water partition coefficient (Wildman–Crippen LogP) is -0.0544. The number of rotatable bonds is 6. The number of nitrogen functional groups attached to an aromatic ring is 1. The number of carbonyl (C=O) groups excluding carboxylic acids is 2. The summed E-state index contributed by atoms with van der Waals surface area (Å²) in [5.74, 6) is -5.05. The van der Waals surface area contributed by atoms with Crippen LogP contribution in [0, 0.1) is 0 Å². The Bertz CT molecular complexity index is 900. The van der Waals surface area contributed by atoms with Gasteiger partial charge in [0.1, 0.15) is 11.7 Å². The van der Waals surface area contributed by atoms with Gasteiger partial charge in [-0.25, -0.2) is 14.6 Å². The molecular formula is C15H18F3N5O7S. The van der Waals surface area contributed by atoms with E-state index in [1.807, 2.05) is 0 Å². The Morgan fingerprint density at radius 2 is 1.84 bits per heavy atom. The number of hydrogen-bond donors (Lipinski definition) is 5. The van der Waals surface area contributed by atoms with Crippen LogP contribution in [0.3, 0.4) is 0 Å². The molecular weight excluding hydrogens is 451 g/mol. The first kappa shape index (κ1) is 25.6. The molecule has 0 aliphatic carbocycles. The van der Waals surface area contributed by atoms with E-state index in [-0.39, 0.29) is 28.5 Å². The summed E-state index contributed by atoms with van der Waals surface area (Å²) >= 11 is 1.08. The number of nitrogens with one attached hydrogen (secondary N) is 2. The number of halogens is 3. The van der Waals surface area contributed by atoms with E-state index in [4.69, 9.17) is 25.6 Å². The lowest BCUT2D eigenvalue weighted by Crippen LogP contribution is -2.68. The van der Waals surface area contributed by atoms with Gasteiger partial charge in [-0.05, 0) is 20.8 Å². The summed E-state index contributed by atoms with van der Waals surface area (Å²) in [5, 5.41) is 26.6. The molecule has 2 amide bonds. The molecule has 0 aromatic carbocycles. The van der Waals surface area contributed by atoms with Crippen LogP contribution in [0.4, 0.5) is 18.3 Å². The minimum atomic E-state index is -5.08. The molecule has 0 saturated carbocycles. The number of hydrogen-bond acceptors (Lipinski definition) is 9. The van der Waals surface area contributed by atoms with Crippen molar-refractivity contribution in [1.29, 1.82) is 0 Å². The smallest absolute Gasteiger partial charge is 0.478 e. The number of nitrogens with two attached hydrogens (primary N) is 1. The van der Waals surface area contributed by atoms with Crippen molar-refractivity contribution >= 4 is 45.9 Å². The summed E-state index contributed by atoms with van der Waals surface area (Å²) in [6, 6.07) is -0.925. The molecule has 1 aromatic rings. The van der Waals surface area contributed by atoms with Crippen molar-refractivity contribution in [2.75, 3.05) is 5.73 Å². The fourth-order valence-corrected chi connectivity index (χ4v) is 2.28. The highest BCUT2D eigenvalue weighted by Gasteiger charge is 2.39. The number of carboxylic acids is 2. The SMILES string of the molecule is C[C@@H]1NC(=O)[C@H]1NC(=O)/C(=N\OC(C)(C)C(=O)O)c1csc(N)n1.O=C(O)C(F)(F)F. The van der Waals surface area contributed by atoms with Gasteiger partial charge in [-0.3, -0.25) is 9.59 Å². The van der Waals surface area contributed by atoms with Crippen LogP contribution < -0.4 is 16.4 Å². The zero-order chi connectivity index (χ0) is 24.1. The molecule has 1 saturated heterocycles. The predicted molar refractivity (Wildman–Crippen MR) is 99.1 cm³/mol. The zero-order valence-corrected chi connectivity index (χ0v) is 17.0. The van der Waals surface area contributed by atoms with Crippen molar-refractivity contribution in [2.24, 2.45) is 5.16 Å². The normalized spacial score (nSPS) is 18.6. The van der Waals surface area contributed by atoms with Gasteiger partial charge in [-0.1, -0.05) is 5.16 Å². The van der Waals surface area contributed by atoms with Crippen LogP contribution in [0.25, 0.3) is 0 Å². The van der Waals surface area contributed by atoms with Gasteiger partial charge in [0.05, 0.1) is 6.04 Å². The number of carboxylic acid groups (broad SMARTS) is 2. The van der Waals surface area contributed by atoms with Crippen molar-refractivity contribution in [3.63, 3.8) is 0 Å². The molecule has 1 fully saturated rings. The summed E-state index contributed by atoms with van der Waals surface area (Å²) in [6.45, 7) is 4.30. The van der Waals surface area contributed by atoms with E-state index in [2.05, 4.69) is 20.8 Å². The number of carbonyl (C=O) groups is 4. The maximum Gasteiger partial charge on any atom is 0.490 e. The Hall–Kier alpha value is -3.43. The average Bonchev–Trinajstić information content (AvgIpc) is 3.05. The molecule has 1 aromatic heterocycles. The lowest BCUT2D eigenvalue weighted by atomic mass is 10.0. The summed E-state index contributed by atoms with van der Waals surface area (Å²) in [7, 11) is 0. The topological polar surface area (TPSA) is 193 Å². The van der Waals surface area contributed by atoms with Gasteiger partial charge in [0.2, 0.25) is 11.5 Å². The molecule has 0 bridgehead atoms. The number of β-lactam (4-membered cyclic amide) rings is 1. The van der Waals surface area contributed by atoms with Crippen molar-refractivity contribution in [3.8, 4) is 0 Å². The lowest BCUT2D eigenvalue weighted by Gasteiger charge is -2.34. The van der Waals surface area contributed by atoms with E-state index in [0.717, 1.165) is 11.3 Å². The number of oxime groups is 1. The van der Waals surface area contributed by atoms with Gasteiger partial charge >= 0.3 is 18.1 Å². The van der Waals surface area contributed by atoms with Crippen molar-refractivity contribution < 1.29 is 47.4 Å². The minimum Gasteiger partial charge on any atom is -0.478 e. The van der Waals surface area contributed by atoms with Crippen LogP contribution in [0.5, 0.6) is 0 Å². The van der Waals surface area contributed by atoms with Crippen molar-refractivity contribution in [3.05, 3.63) is 11.1 Å². The summed E-state index contributed by atoms with van der Waals surface area (Å²) in [4.78, 5) is 52.7. The van der Waals surface area contributed by atoms with Crippen LogP contribution >= 0.6 is 11.3 Å². The zero-order valence-electron chi connectivity index (χ0n) is 16.2. The van der Waals surface area contributed by atoms with E-state index in [0.29, 0.717) is 0 Å². The van der Waals surface area contributed by atoms with Crippen molar-refractivity contribution in [2.45, 2.75) is 44.6 Å².